The summed E-state index contributed by atoms with van der Waals surface area (Å²) in [6.07, 6.45) is 3.35. The number of aryl methyl sites for hydroxylation is 1. The van der Waals surface area contributed by atoms with Crippen LogP contribution in [-0.4, -0.2) is 63.6 Å². The minimum atomic E-state index is -0.257. The van der Waals surface area contributed by atoms with Crippen LogP contribution < -0.4 is 5.32 Å². The number of carbonyl (C=O) groups excluding carboxylic acids is 2. The lowest BCUT2D eigenvalue weighted by molar-refractivity contribution is -0.142. The number of hydrogen-bond donors (Lipinski definition) is 1. The second-order valence-electron chi connectivity index (χ2n) is 6.28. The fourth-order valence-electron chi connectivity index (χ4n) is 2.68. The van der Waals surface area contributed by atoms with E-state index in [2.05, 4.69) is 24.3 Å². The molecule has 1 aromatic rings. The van der Waals surface area contributed by atoms with Crippen LogP contribution in [-0.2, 0) is 16.6 Å². The van der Waals surface area contributed by atoms with E-state index in [4.69, 9.17) is 0 Å². The number of carbonyl (C=O) groups is 2. The summed E-state index contributed by atoms with van der Waals surface area (Å²) in [5.41, 5.74) is 0.671. The van der Waals surface area contributed by atoms with E-state index in [1.54, 1.807) is 24.1 Å². The Morgan fingerprint density at radius 2 is 2.18 bits per heavy atom. The van der Waals surface area contributed by atoms with Crippen LogP contribution in [0, 0.1) is 5.92 Å². The summed E-state index contributed by atoms with van der Waals surface area (Å²) >= 11 is 0. The number of anilines is 1. The summed E-state index contributed by atoms with van der Waals surface area (Å²) in [6, 6.07) is -0.257. The van der Waals surface area contributed by atoms with Crippen LogP contribution in [0.5, 0.6) is 0 Å². The highest BCUT2D eigenvalue weighted by atomic mass is 16.2. The first kappa shape index (κ1) is 16.5. The minimum Gasteiger partial charge on any atom is -0.340 e. The summed E-state index contributed by atoms with van der Waals surface area (Å²) < 4.78 is 1.63. The molecule has 0 radical (unpaired) electrons. The van der Waals surface area contributed by atoms with E-state index in [1.807, 2.05) is 16.7 Å². The van der Waals surface area contributed by atoms with Crippen molar-refractivity contribution in [2.45, 2.75) is 26.8 Å². The van der Waals surface area contributed by atoms with Gasteiger partial charge < -0.3 is 10.2 Å². The summed E-state index contributed by atoms with van der Waals surface area (Å²) in [4.78, 5) is 28.3. The van der Waals surface area contributed by atoms with Crippen molar-refractivity contribution in [3.05, 3.63) is 12.4 Å². The number of aromatic nitrogens is 2. The molecular formula is C15H25N5O2. The zero-order valence-electron chi connectivity index (χ0n) is 13.7. The third-order valence-corrected chi connectivity index (χ3v) is 3.79. The molecule has 1 unspecified atom stereocenters. The Labute approximate surface area is 131 Å². The molecule has 0 aliphatic carbocycles. The Balaban J connectivity index is 1.88. The average Bonchev–Trinajstić information content (AvgIpc) is 2.83. The van der Waals surface area contributed by atoms with Gasteiger partial charge in [-0.25, -0.2) is 0 Å². The highest BCUT2D eigenvalue weighted by molar-refractivity contribution is 5.92. The fourth-order valence-corrected chi connectivity index (χ4v) is 2.68. The molecule has 1 saturated heterocycles. The first-order valence-corrected chi connectivity index (χ1v) is 7.68. The molecule has 1 fully saturated rings. The predicted octanol–water partition coefficient (Wildman–Crippen LogP) is 0.547. The molecule has 22 heavy (non-hydrogen) atoms. The number of nitrogens with zero attached hydrogens (tertiary/aromatic N) is 4. The van der Waals surface area contributed by atoms with Crippen molar-refractivity contribution >= 4 is 17.5 Å². The van der Waals surface area contributed by atoms with Gasteiger partial charge in [0, 0.05) is 32.9 Å². The molecule has 122 valence electrons. The van der Waals surface area contributed by atoms with Gasteiger partial charge in [-0.15, -0.1) is 0 Å². The molecule has 7 nitrogen and oxygen atoms in total. The number of amides is 2. The van der Waals surface area contributed by atoms with Crippen LogP contribution in [0.25, 0.3) is 0 Å². The Bertz CT molecular complexity index is 540. The van der Waals surface area contributed by atoms with Gasteiger partial charge in [-0.1, -0.05) is 13.8 Å². The molecule has 0 bridgehead atoms. The van der Waals surface area contributed by atoms with Crippen LogP contribution in [0.3, 0.4) is 0 Å². The summed E-state index contributed by atoms with van der Waals surface area (Å²) in [6.45, 7) is 8.47. The molecule has 1 aliphatic heterocycles. The molecule has 2 rings (SSSR count). The van der Waals surface area contributed by atoms with Gasteiger partial charge in [-0.2, -0.15) is 5.10 Å². The Hall–Kier alpha value is -1.89. The van der Waals surface area contributed by atoms with Crippen LogP contribution in [0.4, 0.5) is 5.69 Å². The van der Waals surface area contributed by atoms with Gasteiger partial charge in [0.15, 0.2) is 0 Å². The smallest absolute Gasteiger partial charge is 0.239 e. The maximum Gasteiger partial charge on any atom is 0.239 e. The zero-order chi connectivity index (χ0) is 16.3. The molecule has 1 atom stereocenters. The number of rotatable bonds is 5. The molecule has 1 aromatic heterocycles. The van der Waals surface area contributed by atoms with Crippen molar-refractivity contribution in [1.29, 1.82) is 0 Å². The van der Waals surface area contributed by atoms with E-state index in [-0.39, 0.29) is 24.4 Å². The molecule has 0 aromatic carbocycles. The third-order valence-electron chi connectivity index (χ3n) is 3.79. The highest BCUT2D eigenvalue weighted by Crippen LogP contribution is 2.13. The van der Waals surface area contributed by atoms with Crippen molar-refractivity contribution in [1.82, 2.24) is 19.6 Å². The van der Waals surface area contributed by atoms with Gasteiger partial charge in [-0.05, 0) is 12.8 Å². The minimum absolute atomic E-state index is 0.106. The Morgan fingerprint density at radius 3 is 2.77 bits per heavy atom. The maximum atomic E-state index is 12.4. The van der Waals surface area contributed by atoms with Crippen LogP contribution in [0.15, 0.2) is 12.4 Å². The van der Waals surface area contributed by atoms with E-state index in [9.17, 15) is 9.59 Å². The second kappa shape index (κ2) is 6.91. The lowest BCUT2D eigenvalue weighted by Gasteiger charge is -2.39. The lowest BCUT2D eigenvalue weighted by atomic mass is 10.1. The van der Waals surface area contributed by atoms with Gasteiger partial charge in [-0.3, -0.25) is 19.2 Å². The van der Waals surface area contributed by atoms with E-state index in [0.29, 0.717) is 18.2 Å². The molecule has 0 spiro atoms. The van der Waals surface area contributed by atoms with Gasteiger partial charge in [0.25, 0.3) is 0 Å². The quantitative estimate of drug-likeness (QED) is 0.862. The largest absolute Gasteiger partial charge is 0.340 e. The standard InChI is InChI=1S/C15H25N5O2/c1-11(2)8-20-6-5-19(12(3)15(20)22)10-14(21)17-13-7-16-18(4)9-13/h7,9,11-12H,5-6,8,10H2,1-4H3,(H,17,21). The third kappa shape index (κ3) is 4.07. The lowest BCUT2D eigenvalue weighted by Crippen LogP contribution is -2.57. The Morgan fingerprint density at radius 1 is 1.45 bits per heavy atom. The van der Waals surface area contributed by atoms with E-state index >= 15 is 0 Å². The van der Waals surface area contributed by atoms with Crippen molar-refractivity contribution < 1.29 is 9.59 Å². The van der Waals surface area contributed by atoms with E-state index < -0.39 is 0 Å². The summed E-state index contributed by atoms with van der Waals surface area (Å²) in [7, 11) is 1.80. The van der Waals surface area contributed by atoms with Crippen molar-refractivity contribution in [2.24, 2.45) is 13.0 Å². The topological polar surface area (TPSA) is 70.5 Å². The van der Waals surface area contributed by atoms with E-state index in [0.717, 1.165) is 13.1 Å². The SMILES string of the molecule is CC(C)CN1CCN(CC(=O)Nc2cnn(C)c2)C(C)C1=O. The van der Waals surface area contributed by atoms with Gasteiger partial charge in [0.1, 0.15) is 0 Å². The highest BCUT2D eigenvalue weighted by Gasteiger charge is 2.32. The van der Waals surface area contributed by atoms with Gasteiger partial charge in [0.2, 0.25) is 11.8 Å². The Kier molecular flexibility index (Phi) is 5.18. The molecule has 2 amide bonds. The number of nitrogens with one attached hydrogen (secondary N) is 1. The number of hydrogen-bond acceptors (Lipinski definition) is 4. The molecule has 1 N–H and O–H groups in total. The van der Waals surface area contributed by atoms with Gasteiger partial charge >= 0.3 is 0 Å². The fraction of sp³-hybridized carbons (Fsp3) is 0.667. The van der Waals surface area contributed by atoms with Gasteiger partial charge in [0.05, 0.1) is 24.5 Å². The van der Waals surface area contributed by atoms with Crippen LogP contribution in [0.1, 0.15) is 20.8 Å². The molecule has 0 saturated carbocycles. The summed E-state index contributed by atoms with van der Waals surface area (Å²) in [5.74, 6) is 0.440. The first-order valence-electron chi connectivity index (χ1n) is 7.68. The molecule has 1 aliphatic rings. The number of piperazine rings is 1. The second-order valence-corrected chi connectivity index (χ2v) is 6.28. The van der Waals surface area contributed by atoms with Crippen LogP contribution in [0.2, 0.25) is 0 Å². The van der Waals surface area contributed by atoms with Crippen molar-refractivity contribution in [3.63, 3.8) is 0 Å². The predicted molar refractivity (Wildman–Crippen MR) is 84.3 cm³/mol. The normalized spacial score (nSPS) is 19.8. The first-order chi connectivity index (χ1) is 10.4. The van der Waals surface area contributed by atoms with Crippen molar-refractivity contribution in [2.75, 3.05) is 31.5 Å². The van der Waals surface area contributed by atoms with Crippen LogP contribution >= 0.6 is 0 Å². The molecular weight excluding hydrogens is 282 g/mol. The molecule has 7 heteroatoms. The summed E-state index contributed by atoms with van der Waals surface area (Å²) in [5, 5.41) is 6.81. The average molecular weight is 307 g/mol. The van der Waals surface area contributed by atoms with Crippen molar-refractivity contribution in [3.8, 4) is 0 Å². The maximum absolute atomic E-state index is 12.4. The van der Waals surface area contributed by atoms with E-state index in [1.165, 1.54) is 0 Å². The monoisotopic (exact) mass is 307 g/mol. The zero-order valence-corrected chi connectivity index (χ0v) is 13.7. The molecule has 2 heterocycles.